The average molecular weight is 402 g/mol. The predicted molar refractivity (Wildman–Crippen MR) is 120 cm³/mol. The third-order valence-electron chi connectivity index (χ3n) is 4.11. The van der Waals surface area contributed by atoms with Crippen molar-refractivity contribution in [2.75, 3.05) is 11.6 Å². The Balaban J connectivity index is 1.77. The monoisotopic (exact) mass is 401 g/mol. The maximum Gasteiger partial charge on any atom is 0.283 e. The number of rotatable bonds is 5. The van der Waals surface area contributed by atoms with Gasteiger partial charge >= 0.3 is 0 Å². The Labute approximate surface area is 171 Å². The van der Waals surface area contributed by atoms with Crippen molar-refractivity contribution in [2.24, 2.45) is 0 Å². The van der Waals surface area contributed by atoms with E-state index in [4.69, 9.17) is 12.2 Å². The normalized spacial score (nSPS) is 11.0. The molecule has 0 saturated carbocycles. The summed E-state index contributed by atoms with van der Waals surface area (Å²) in [7, 11) is 0. The van der Waals surface area contributed by atoms with Crippen LogP contribution >= 0.6 is 24.0 Å². The first-order chi connectivity index (χ1) is 12.8. The number of carbonyl (C=O) groups excluding carboxylic acids is 1. The smallest absolute Gasteiger partial charge is 0.283 e. The summed E-state index contributed by atoms with van der Waals surface area (Å²) in [5.74, 6) is 0. The van der Waals surface area contributed by atoms with Crippen LogP contribution in [0.3, 0.4) is 0 Å². The molecule has 0 aromatic heterocycles. The zero-order valence-corrected chi connectivity index (χ0v) is 17.9. The molecular formula is C21H27N3OS2. The van der Waals surface area contributed by atoms with Gasteiger partial charge in [0.1, 0.15) is 0 Å². The van der Waals surface area contributed by atoms with E-state index in [9.17, 15) is 4.79 Å². The lowest BCUT2D eigenvalue weighted by atomic mass is 9.87. The topological polar surface area (TPSA) is 53.2 Å². The first kappa shape index (κ1) is 21.3. The van der Waals surface area contributed by atoms with Crippen LogP contribution in [0.2, 0.25) is 0 Å². The van der Waals surface area contributed by atoms with Gasteiger partial charge in [0.25, 0.3) is 5.24 Å². The Hall–Kier alpha value is -2.05. The number of amides is 1. The zero-order valence-electron chi connectivity index (χ0n) is 16.3. The highest BCUT2D eigenvalue weighted by Crippen LogP contribution is 2.22. The van der Waals surface area contributed by atoms with E-state index >= 15 is 0 Å². The summed E-state index contributed by atoms with van der Waals surface area (Å²) in [6, 6.07) is 16.3. The van der Waals surface area contributed by atoms with Crippen molar-refractivity contribution >= 4 is 40.0 Å². The number of thiocarbonyl (C=S) groups is 1. The van der Waals surface area contributed by atoms with Crippen molar-refractivity contribution in [2.45, 2.75) is 39.3 Å². The van der Waals surface area contributed by atoms with E-state index in [0.29, 0.717) is 18.2 Å². The van der Waals surface area contributed by atoms with Crippen LogP contribution in [0.25, 0.3) is 0 Å². The maximum atomic E-state index is 11.4. The second-order valence-electron chi connectivity index (χ2n) is 7.30. The molecule has 0 heterocycles. The molecule has 2 rings (SSSR count). The van der Waals surface area contributed by atoms with Gasteiger partial charge in [-0.15, -0.1) is 0 Å². The van der Waals surface area contributed by atoms with Crippen LogP contribution in [-0.2, 0) is 18.5 Å². The standard InChI is InChI=1S/C21H27N3OS2/c1-21(2,3)17-9-5-15(6-10-17)13-22-19(26)23-14-16-7-11-18(12-8-16)24-20(25)27-4/h5-12H,13-14H2,1-4H3,(H,24,25)(H2,22,23,26). The maximum absolute atomic E-state index is 11.4. The molecule has 0 saturated heterocycles. The molecule has 0 spiro atoms. The highest BCUT2D eigenvalue weighted by atomic mass is 32.2. The molecule has 0 fully saturated rings. The van der Waals surface area contributed by atoms with E-state index in [0.717, 1.165) is 23.0 Å². The van der Waals surface area contributed by atoms with Gasteiger partial charge in [-0.25, -0.2) is 0 Å². The number of nitrogens with one attached hydrogen (secondary N) is 3. The molecule has 0 unspecified atom stereocenters. The van der Waals surface area contributed by atoms with E-state index in [1.54, 1.807) is 6.26 Å². The second kappa shape index (κ2) is 9.76. The van der Waals surface area contributed by atoms with Crippen LogP contribution in [0, 0.1) is 0 Å². The summed E-state index contributed by atoms with van der Waals surface area (Å²) in [4.78, 5) is 11.4. The number of hydrogen-bond donors (Lipinski definition) is 3. The third-order valence-corrected chi connectivity index (χ3v) is 4.87. The number of benzene rings is 2. The fourth-order valence-corrected chi connectivity index (χ4v) is 2.79. The lowest BCUT2D eigenvalue weighted by molar-refractivity contribution is 0.270. The Bertz CT molecular complexity index is 766. The minimum atomic E-state index is -0.0678. The number of hydrogen-bond acceptors (Lipinski definition) is 3. The molecule has 0 radical (unpaired) electrons. The zero-order chi connectivity index (χ0) is 19.9. The van der Waals surface area contributed by atoms with Crippen LogP contribution in [0.5, 0.6) is 0 Å². The Kier molecular flexibility index (Phi) is 7.68. The minimum Gasteiger partial charge on any atom is -0.359 e. The lowest BCUT2D eigenvalue weighted by Crippen LogP contribution is -2.34. The fraction of sp³-hybridized carbons (Fsp3) is 0.333. The molecule has 0 bridgehead atoms. The molecular weight excluding hydrogens is 374 g/mol. The fourth-order valence-electron chi connectivity index (χ4n) is 2.42. The molecule has 144 valence electrons. The van der Waals surface area contributed by atoms with Gasteiger partial charge in [-0.1, -0.05) is 68.9 Å². The van der Waals surface area contributed by atoms with Crippen molar-refractivity contribution in [3.8, 4) is 0 Å². The van der Waals surface area contributed by atoms with Crippen LogP contribution in [0.15, 0.2) is 48.5 Å². The van der Waals surface area contributed by atoms with Gasteiger partial charge in [-0.2, -0.15) is 0 Å². The Morgan fingerprint density at radius 2 is 1.41 bits per heavy atom. The highest BCUT2D eigenvalue weighted by Gasteiger charge is 2.12. The molecule has 4 nitrogen and oxygen atoms in total. The van der Waals surface area contributed by atoms with E-state index in [1.165, 1.54) is 11.1 Å². The summed E-state index contributed by atoms with van der Waals surface area (Å²) in [6.45, 7) is 7.95. The van der Waals surface area contributed by atoms with E-state index < -0.39 is 0 Å². The quantitative estimate of drug-likeness (QED) is 0.613. The largest absolute Gasteiger partial charge is 0.359 e. The molecule has 3 N–H and O–H groups in total. The van der Waals surface area contributed by atoms with Crippen molar-refractivity contribution in [1.82, 2.24) is 10.6 Å². The van der Waals surface area contributed by atoms with Gasteiger partial charge in [-0.05, 0) is 52.7 Å². The van der Waals surface area contributed by atoms with Crippen LogP contribution in [0.4, 0.5) is 10.5 Å². The third kappa shape index (κ3) is 7.23. The molecule has 0 aliphatic carbocycles. The molecule has 6 heteroatoms. The highest BCUT2D eigenvalue weighted by molar-refractivity contribution is 8.13. The lowest BCUT2D eigenvalue weighted by Gasteiger charge is -2.19. The first-order valence-electron chi connectivity index (χ1n) is 8.83. The average Bonchev–Trinajstić information content (AvgIpc) is 2.65. The number of thioether (sulfide) groups is 1. The predicted octanol–water partition coefficient (Wildman–Crippen LogP) is 5.04. The van der Waals surface area contributed by atoms with Crippen LogP contribution in [0.1, 0.15) is 37.5 Å². The minimum absolute atomic E-state index is 0.0678. The summed E-state index contributed by atoms with van der Waals surface area (Å²) in [5, 5.41) is 9.79. The summed E-state index contributed by atoms with van der Waals surface area (Å²) < 4.78 is 0. The number of anilines is 1. The SMILES string of the molecule is CSC(=O)Nc1ccc(CNC(=S)NCc2ccc(C(C)(C)C)cc2)cc1. The summed E-state index contributed by atoms with van der Waals surface area (Å²) in [6.07, 6.45) is 1.75. The van der Waals surface area contributed by atoms with Crippen molar-refractivity contribution < 1.29 is 4.79 Å². The van der Waals surface area contributed by atoms with Gasteiger partial charge < -0.3 is 16.0 Å². The summed E-state index contributed by atoms with van der Waals surface area (Å²) in [5.41, 5.74) is 4.56. The van der Waals surface area contributed by atoms with Gasteiger partial charge in [-0.3, -0.25) is 4.79 Å². The second-order valence-corrected chi connectivity index (χ2v) is 8.48. The molecule has 1 amide bonds. The molecule has 0 atom stereocenters. The van der Waals surface area contributed by atoms with E-state index in [2.05, 4.69) is 61.0 Å². The first-order valence-corrected chi connectivity index (χ1v) is 10.5. The van der Waals surface area contributed by atoms with Gasteiger partial charge in [0.2, 0.25) is 0 Å². The van der Waals surface area contributed by atoms with Gasteiger partial charge in [0.15, 0.2) is 5.11 Å². The van der Waals surface area contributed by atoms with Crippen LogP contribution < -0.4 is 16.0 Å². The molecule has 27 heavy (non-hydrogen) atoms. The van der Waals surface area contributed by atoms with Gasteiger partial charge in [0.05, 0.1) is 0 Å². The van der Waals surface area contributed by atoms with Gasteiger partial charge in [0, 0.05) is 18.8 Å². The number of carbonyl (C=O) groups is 1. The van der Waals surface area contributed by atoms with E-state index in [1.807, 2.05) is 24.3 Å². The van der Waals surface area contributed by atoms with Crippen LogP contribution in [-0.4, -0.2) is 16.6 Å². The van der Waals surface area contributed by atoms with E-state index in [-0.39, 0.29) is 10.7 Å². The molecule has 0 aliphatic rings. The molecule has 2 aromatic rings. The summed E-state index contributed by atoms with van der Waals surface area (Å²) >= 11 is 6.51. The molecule has 0 aliphatic heterocycles. The Morgan fingerprint density at radius 3 is 1.85 bits per heavy atom. The molecule has 2 aromatic carbocycles. The van der Waals surface area contributed by atoms with Crippen molar-refractivity contribution in [3.63, 3.8) is 0 Å². The Morgan fingerprint density at radius 1 is 0.926 bits per heavy atom. The van der Waals surface area contributed by atoms with Crippen molar-refractivity contribution in [1.29, 1.82) is 0 Å². The van der Waals surface area contributed by atoms with Crippen molar-refractivity contribution in [3.05, 3.63) is 65.2 Å².